The maximum atomic E-state index is 5.18. The molecule has 0 radical (unpaired) electrons. The van der Waals surface area contributed by atoms with E-state index in [4.69, 9.17) is 4.52 Å². The Hall–Kier alpha value is -1.68. The van der Waals surface area contributed by atoms with Crippen molar-refractivity contribution in [1.29, 1.82) is 0 Å². The van der Waals surface area contributed by atoms with Crippen molar-refractivity contribution in [2.24, 2.45) is 0 Å². The second-order valence-electron chi connectivity index (χ2n) is 3.92. The molecule has 0 bridgehead atoms. The Kier molecular flexibility index (Phi) is 3.31. The van der Waals surface area contributed by atoms with Crippen molar-refractivity contribution in [3.05, 3.63) is 36.2 Å². The second kappa shape index (κ2) is 4.90. The van der Waals surface area contributed by atoms with E-state index in [0.29, 0.717) is 24.3 Å². The number of benzene rings is 1. The second-order valence-corrected chi connectivity index (χ2v) is 3.92. The first-order valence-electron chi connectivity index (χ1n) is 5.37. The SMILES string of the molecule is CC(C)NCc1noc(-c2ccccc2)n1. The number of rotatable bonds is 4. The van der Waals surface area contributed by atoms with Gasteiger partial charge < -0.3 is 9.84 Å². The topological polar surface area (TPSA) is 51.0 Å². The Morgan fingerprint density at radius 2 is 2.00 bits per heavy atom. The van der Waals surface area contributed by atoms with Gasteiger partial charge in [0, 0.05) is 11.6 Å². The molecular weight excluding hydrogens is 202 g/mol. The minimum Gasteiger partial charge on any atom is -0.334 e. The fourth-order valence-electron chi connectivity index (χ4n) is 1.32. The first-order chi connectivity index (χ1) is 7.75. The maximum absolute atomic E-state index is 5.18. The molecule has 0 saturated heterocycles. The van der Waals surface area contributed by atoms with Gasteiger partial charge in [-0.3, -0.25) is 0 Å². The van der Waals surface area contributed by atoms with E-state index >= 15 is 0 Å². The van der Waals surface area contributed by atoms with E-state index < -0.39 is 0 Å². The lowest BCUT2D eigenvalue weighted by molar-refractivity contribution is 0.417. The van der Waals surface area contributed by atoms with Crippen LogP contribution in [0.15, 0.2) is 34.9 Å². The van der Waals surface area contributed by atoms with Gasteiger partial charge in [-0.25, -0.2) is 0 Å². The van der Waals surface area contributed by atoms with Crippen molar-refractivity contribution in [1.82, 2.24) is 15.5 Å². The van der Waals surface area contributed by atoms with Gasteiger partial charge in [0.15, 0.2) is 5.82 Å². The summed E-state index contributed by atoms with van der Waals surface area (Å²) in [5.74, 6) is 1.26. The summed E-state index contributed by atoms with van der Waals surface area (Å²) in [6.45, 7) is 4.80. The van der Waals surface area contributed by atoms with E-state index in [-0.39, 0.29) is 0 Å². The molecule has 4 heteroatoms. The van der Waals surface area contributed by atoms with Gasteiger partial charge in [0.1, 0.15) is 0 Å². The minimum atomic E-state index is 0.415. The molecule has 16 heavy (non-hydrogen) atoms. The molecule has 0 atom stereocenters. The summed E-state index contributed by atoms with van der Waals surface area (Å²) in [7, 11) is 0. The largest absolute Gasteiger partial charge is 0.334 e. The first kappa shape index (κ1) is 10.8. The third-order valence-electron chi connectivity index (χ3n) is 2.16. The Morgan fingerprint density at radius 3 is 2.69 bits per heavy atom. The summed E-state index contributed by atoms with van der Waals surface area (Å²) in [6.07, 6.45) is 0. The quantitative estimate of drug-likeness (QED) is 0.853. The van der Waals surface area contributed by atoms with Crippen LogP contribution in [0.1, 0.15) is 19.7 Å². The van der Waals surface area contributed by atoms with Crippen molar-refractivity contribution in [2.75, 3.05) is 0 Å². The van der Waals surface area contributed by atoms with Gasteiger partial charge in [-0.2, -0.15) is 4.98 Å². The van der Waals surface area contributed by atoms with Crippen molar-refractivity contribution in [3.63, 3.8) is 0 Å². The Bertz CT molecular complexity index is 437. The molecule has 2 rings (SSSR count). The number of nitrogens with one attached hydrogen (secondary N) is 1. The van der Waals surface area contributed by atoms with Crippen LogP contribution >= 0.6 is 0 Å². The fraction of sp³-hybridized carbons (Fsp3) is 0.333. The average Bonchev–Trinajstić information content (AvgIpc) is 2.76. The Labute approximate surface area is 94.7 Å². The smallest absolute Gasteiger partial charge is 0.257 e. The maximum Gasteiger partial charge on any atom is 0.257 e. The standard InChI is InChI=1S/C12H15N3O/c1-9(2)13-8-11-14-12(16-15-11)10-6-4-3-5-7-10/h3-7,9,13H,8H2,1-2H3. The summed E-state index contributed by atoms with van der Waals surface area (Å²) < 4.78 is 5.18. The average molecular weight is 217 g/mol. The number of aromatic nitrogens is 2. The van der Waals surface area contributed by atoms with Crippen LogP contribution in [0.5, 0.6) is 0 Å². The summed E-state index contributed by atoms with van der Waals surface area (Å²) in [5, 5.41) is 7.16. The van der Waals surface area contributed by atoms with Crippen molar-refractivity contribution in [3.8, 4) is 11.5 Å². The van der Waals surface area contributed by atoms with Gasteiger partial charge in [-0.15, -0.1) is 0 Å². The highest BCUT2D eigenvalue weighted by Crippen LogP contribution is 2.15. The molecule has 0 amide bonds. The molecule has 1 heterocycles. The van der Waals surface area contributed by atoms with Gasteiger partial charge in [0.05, 0.1) is 6.54 Å². The molecule has 0 unspecified atom stereocenters. The zero-order valence-electron chi connectivity index (χ0n) is 9.47. The van der Waals surface area contributed by atoms with E-state index in [0.717, 1.165) is 5.56 Å². The van der Waals surface area contributed by atoms with Crippen LogP contribution in [0.25, 0.3) is 11.5 Å². The molecule has 0 saturated carbocycles. The van der Waals surface area contributed by atoms with Crippen LogP contribution in [0.3, 0.4) is 0 Å². The van der Waals surface area contributed by atoms with Gasteiger partial charge in [0.25, 0.3) is 5.89 Å². The van der Waals surface area contributed by atoms with Crippen LogP contribution in [0.4, 0.5) is 0 Å². The molecule has 1 aromatic heterocycles. The monoisotopic (exact) mass is 217 g/mol. The number of nitrogens with zero attached hydrogens (tertiary/aromatic N) is 2. The van der Waals surface area contributed by atoms with Crippen LogP contribution in [0, 0.1) is 0 Å². The van der Waals surface area contributed by atoms with Crippen LogP contribution in [0.2, 0.25) is 0 Å². The van der Waals surface area contributed by atoms with Gasteiger partial charge in [-0.05, 0) is 12.1 Å². The third kappa shape index (κ3) is 2.67. The molecule has 2 aromatic rings. The zero-order chi connectivity index (χ0) is 11.4. The lowest BCUT2D eigenvalue weighted by Gasteiger charge is -2.03. The molecule has 4 nitrogen and oxygen atoms in total. The molecule has 0 spiro atoms. The molecule has 0 aliphatic heterocycles. The predicted octanol–water partition coefficient (Wildman–Crippen LogP) is 2.23. The van der Waals surface area contributed by atoms with E-state index in [1.807, 2.05) is 30.3 Å². The van der Waals surface area contributed by atoms with Gasteiger partial charge in [0.2, 0.25) is 0 Å². The molecule has 0 fully saturated rings. The number of hydrogen-bond donors (Lipinski definition) is 1. The van der Waals surface area contributed by atoms with E-state index in [9.17, 15) is 0 Å². The highest BCUT2D eigenvalue weighted by molar-refractivity contribution is 5.51. The fourth-order valence-corrected chi connectivity index (χ4v) is 1.32. The molecule has 1 aromatic carbocycles. The van der Waals surface area contributed by atoms with Crippen LogP contribution < -0.4 is 5.32 Å². The summed E-state index contributed by atoms with van der Waals surface area (Å²) in [4.78, 5) is 4.31. The molecule has 0 aliphatic rings. The van der Waals surface area contributed by atoms with Crippen molar-refractivity contribution in [2.45, 2.75) is 26.4 Å². The summed E-state index contributed by atoms with van der Waals surface area (Å²) in [5.41, 5.74) is 0.950. The summed E-state index contributed by atoms with van der Waals surface area (Å²) >= 11 is 0. The highest BCUT2D eigenvalue weighted by atomic mass is 16.5. The molecule has 0 aliphatic carbocycles. The van der Waals surface area contributed by atoms with E-state index in [1.54, 1.807) is 0 Å². The minimum absolute atomic E-state index is 0.415. The highest BCUT2D eigenvalue weighted by Gasteiger charge is 2.07. The van der Waals surface area contributed by atoms with E-state index in [1.165, 1.54) is 0 Å². The van der Waals surface area contributed by atoms with Gasteiger partial charge in [-0.1, -0.05) is 37.2 Å². The Balaban J connectivity index is 2.08. The summed E-state index contributed by atoms with van der Waals surface area (Å²) in [6, 6.07) is 10.2. The normalized spacial score (nSPS) is 10.9. The van der Waals surface area contributed by atoms with Crippen LogP contribution in [-0.4, -0.2) is 16.2 Å². The lowest BCUT2D eigenvalue weighted by Crippen LogP contribution is -2.22. The van der Waals surface area contributed by atoms with Crippen molar-refractivity contribution >= 4 is 0 Å². The third-order valence-corrected chi connectivity index (χ3v) is 2.16. The Morgan fingerprint density at radius 1 is 1.25 bits per heavy atom. The first-order valence-corrected chi connectivity index (χ1v) is 5.37. The molecule has 1 N–H and O–H groups in total. The van der Waals surface area contributed by atoms with Crippen LogP contribution in [-0.2, 0) is 6.54 Å². The van der Waals surface area contributed by atoms with Crippen molar-refractivity contribution < 1.29 is 4.52 Å². The van der Waals surface area contributed by atoms with E-state index in [2.05, 4.69) is 29.3 Å². The molecule has 84 valence electrons. The zero-order valence-corrected chi connectivity index (χ0v) is 9.47. The van der Waals surface area contributed by atoms with Gasteiger partial charge >= 0.3 is 0 Å². The molecular formula is C12H15N3O. The number of hydrogen-bond acceptors (Lipinski definition) is 4. The lowest BCUT2D eigenvalue weighted by atomic mass is 10.2. The predicted molar refractivity (Wildman–Crippen MR) is 61.7 cm³/mol.